The molecule has 0 fully saturated rings. The molecule has 0 unspecified atom stereocenters. The molecule has 0 saturated carbocycles. The van der Waals surface area contributed by atoms with Crippen LogP contribution in [0.15, 0.2) is 226 Å². The molecule has 2 aromatic heterocycles. The summed E-state index contributed by atoms with van der Waals surface area (Å²) in [5, 5.41) is 4.24. The number of hydrogen-bond acceptors (Lipinski definition) is 3. The fraction of sp³-hybridized carbons (Fsp3) is 0.0179. The lowest BCUT2D eigenvalue weighted by atomic mass is 9.64. The van der Waals surface area contributed by atoms with Crippen molar-refractivity contribution in [2.75, 3.05) is 0 Å². The predicted octanol–water partition coefficient (Wildman–Crippen LogP) is 15.4. The Hall–Kier alpha value is -7.27. The summed E-state index contributed by atoms with van der Waals surface area (Å²) in [7, 11) is 0. The smallest absolute Gasteiger partial charge is 0.193 e. The minimum Gasteiger partial charge on any atom is -0.456 e. The summed E-state index contributed by atoms with van der Waals surface area (Å²) in [6.07, 6.45) is 0. The topological polar surface area (TPSA) is 43.4 Å². The van der Waals surface area contributed by atoms with E-state index in [0.29, 0.717) is 11.1 Å². The van der Waals surface area contributed by atoms with Crippen molar-refractivity contribution in [1.29, 1.82) is 0 Å². The molecule has 1 aliphatic rings. The maximum Gasteiger partial charge on any atom is 0.193 e. The van der Waals surface area contributed by atoms with Gasteiger partial charge in [-0.2, -0.15) is 0 Å². The van der Waals surface area contributed by atoms with E-state index < -0.39 is 5.41 Å². The van der Waals surface area contributed by atoms with Gasteiger partial charge in [0.1, 0.15) is 22.3 Å². The van der Waals surface area contributed by atoms with Crippen LogP contribution in [0.5, 0.6) is 0 Å². The number of hydrogen-bond donors (Lipinski definition) is 0. The van der Waals surface area contributed by atoms with E-state index in [2.05, 4.69) is 149 Å². The molecule has 12 rings (SSSR count). The molecule has 286 valence electrons. The van der Waals surface area contributed by atoms with Crippen molar-refractivity contribution < 1.29 is 15.1 Å². The van der Waals surface area contributed by atoms with Gasteiger partial charge in [-0.05, 0) is 74.8 Å². The summed E-state index contributed by atoms with van der Waals surface area (Å²) in [5.74, 6) is -0.00386. The SMILES string of the molecule is O=C(c1ccccc1)c1cccc2oc3cccc(-c4ccccc4Br)c3c12.[2HH].c1ccc(C2(c3ccccc3)c3ccccc3-c3cccc4oc5cccc2c5c34)cc1. The fourth-order valence-electron chi connectivity index (χ4n) is 9.46. The number of rotatable bonds is 5. The molecule has 2 heterocycles. The first-order chi connectivity index (χ1) is 29.6. The van der Waals surface area contributed by atoms with Crippen molar-refractivity contribution in [3.8, 4) is 22.3 Å². The van der Waals surface area contributed by atoms with Crippen molar-refractivity contribution in [2.45, 2.75) is 5.41 Å². The van der Waals surface area contributed by atoms with Gasteiger partial charge in [-0.3, -0.25) is 4.79 Å². The Balaban J connectivity index is 0.000000145. The third-order valence-electron chi connectivity index (χ3n) is 11.9. The molecule has 11 aromatic rings. The molecule has 60 heavy (non-hydrogen) atoms. The highest BCUT2D eigenvalue weighted by molar-refractivity contribution is 9.10. The number of furan rings is 2. The molecule has 0 spiro atoms. The molecule has 0 amide bonds. The van der Waals surface area contributed by atoms with E-state index in [4.69, 9.17) is 8.83 Å². The Morgan fingerprint density at radius 1 is 0.383 bits per heavy atom. The van der Waals surface area contributed by atoms with Crippen LogP contribution in [0.2, 0.25) is 0 Å². The van der Waals surface area contributed by atoms with Gasteiger partial charge in [0, 0.05) is 38.6 Å². The van der Waals surface area contributed by atoms with Gasteiger partial charge in [0.2, 0.25) is 0 Å². The molecule has 0 bridgehead atoms. The molecule has 3 nitrogen and oxygen atoms in total. The summed E-state index contributed by atoms with van der Waals surface area (Å²) in [6.45, 7) is 0. The Labute approximate surface area is 356 Å². The Bertz CT molecular complexity index is 3370. The van der Waals surface area contributed by atoms with Crippen molar-refractivity contribution in [3.05, 3.63) is 250 Å². The van der Waals surface area contributed by atoms with Crippen molar-refractivity contribution in [1.82, 2.24) is 0 Å². The van der Waals surface area contributed by atoms with Gasteiger partial charge in [-0.1, -0.05) is 198 Å². The third kappa shape index (κ3) is 5.52. The van der Waals surface area contributed by atoms with Crippen LogP contribution in [0.4, 0.5) is 0 Å². The van der Waals surface area contributed by atoms with E-state index in [1.807, 2.05) is 78.9 Å². The van der Waals surface area contributed by atoms with E-state index in [-0.39, 0.29) is 7.21 Å². The molecule has 1 aliphatic carbocycles. The standard InChI is InChI=1S/C31H20O.C25H15BrO2.H2/c1-3-11-21(12-4-1)31(22-13-5-2-6-14-22)25-17-8-7-15-23(25)24-16-9-19-27-29(24)30-26(31)18-10-20-28(30)32-27;26-20-13-5-4-10-17(20)18-11-6-14-21-23(18)24-19(12-7-15-22(24)28-21)25(27)16-8-2-1-3-9-16;/h1-20H;1-15H;1H/i;;1+1. The lowest BCUT2D eigenvalue weighted by Crippen LogP contribution is -2.31. The van der Waals surface area contributed by atoms with Crippen molar-refractivity contribution >= 4 is 65.6 Å². The summed E-state index contributed by atoms with van der Waals surface area (Å²) in [6, 6.07) is 72.8. The largest absolute Gasteiger partial charge is 0.456 e. The maximum atomic E-state index is 13.3. The number of ketones is 1. The van der Waals surface area contributed by atoms with E-state index in [0.717, 1.165) is 48.7 Å². The number of carbonyl (C=O) groups excluding carboxylic acids is 1. The van der Waals surface area contributed by atoms with Crippen LogP contribution >= 0.6 is 15.9 Å². The zero-order valence-electron chi connectivity index (χ0n) is 32.3. The highest BCUT2D eigenvalue weighted by Crippen LogP contribution is 2.55. The second-order valence-corrected chi connectivity index (χ2v) is 16.0. The highest BCUT2D eigenvalue weighted by atomic mass is 79.9. The van der Waals surface area contributed by atoms with E-state index in [9.17, 15) is 4.79 Å². The third-order valence-corrected chi connectivity index (χ3v) is 12.6. The Kier molecular flexibility index (Phi) is 8.68. The minimum absolute atomic E-state index is 0. The molecule has 9 aromatic carbocycles. The maximum absolute atomic E-state index is 13.3. The highest BCUT2D eigenvalue weighted by Gasteiger charge is 2.43. The number of benzene rings is 9. The molecule has 0 aliphatic heterocycles. The molecule has 0 N–H and O–H groups in total. The van der Waals surface area contributed by atoms with Crippen LogP contribution in [0.3, 0.4) is 0 Å². The zero-order chi connectivity index (χ0) is 40.2. The number of carbonyl (C=O) groups is 1. The predicted molar refractivity (Wildman–Crippen MR) is 250 cm³/mol. The van der Waals surface area contributed by atoms with Crippen molar-refractivity contribution in [2.24, 2.45) is 0 Å². The minimum atomic E-state index is -0.464. The van der Waals surface area contributed by atoms with E-state index >= 15 is 0 Å². The first kappa shape index (κ1) is 35.9. The zero-order valence-corrected chi connectivity index (χ0v) is 33.9. The second-order valence-electron chi connectivity index (χ2n) is 15.1. The second kappa shape index (κ2) is 14.5. The average molecular weight is 839 g/mol. The van der Waals surface area contributed by atoms with Crippen LogP contribution in [0, 0.1) is 0 Å². The van der Waals surface area contributed by atoms with Gasteiger partial charge in [0.05, 0.1) is 5.41 Å². The number of halogens is 1. The average Bonchev–Trinajstić information content (AvgIpc) is 3.87. The van der Waals surface area contributed by atoms with Crippen LogP contribution in [-0.4, -0.2) is 5.78 Å². The molecule has 4 heteroatoms. The van der Waals surface area contributed by atoms with Crippen LogP contribution in [-0.2, 0) is 5.41 Å². The summed E-state index contributed by atoms with van der Waals surface area (Å²) < 4.78 is 13.5. The van der Waals surface area contributed by atoms with Crippen molar-refractivity contribution in [3.63, 3.8) is 0 Å². The normalized spacial score (nSPS) is 12.6. The van der Waals surface area contributed by atoms with Gasteiger partial charge < -0.3 is 8.83 Å². The molecular formula is C56H37BrO3. The quantitative estimate of drug-likeness (QED) is 0.162. The lowest BCUT2D eigenvalue weighted by Gasteiger charge is -2.37. The van der Waals surface area contributed by atoms with Gasteiger partial charge in [-0.25, -0.2) is 0 Å². The van der Waals surface area contributed by atoms with Gasteiger partial charge in [-0.15, -0.1) is 0 Å². The first-order valence-corrected chi connectivity index (χ1v) is 20.9. The summed E-state index contributed by atoms with van der Waals surface area (Å²) in [4.78, 5) is 13.3. The summed E-state index contributed by atoms with van der Waals surface area (Å²) >= 11 is 3.66. The van der Waals surface area contributed by atoms with Crippen LogP contribution in [0.1, 0.15) is 39.6 Å². The number of fused-ring (bicyclic) bond motifs is 5. The molecule has 0 saturated heterocycles. The fourth-order valence-corrected chi connectivity index (χ4v) is 9.96. The van der Waals surface area contributed by atoms with Gasteiger partial charge >= 0.3 is 0 Å². The van der Waals surface area contributed by atoms with E-state index in [1.165, 1.54) is 44.2 Å². The molecular weight excluding hydrogens is 801 g/mol. The van der Waals surface area contributed by atoms with Crippen LogP contribution in [0.25, 0.3) is 66.1 Å². The van der Waals surface area contributed by atoms with Gasteiger partial charge in [0.15, 0.2) is 5.78 Å². The monoisotopic (exact) mass is 837 g/mol. The first-order valence-electron chi connectivity index (χ1n) is 20.1. The van der Waals surface area contributed by atoms with Gasteiger partial charge in [0.25, 0.3) is 0 Å². The lowest BCUT2D eigenvalue weighted by molar-refractivity contribution is 0.104. The van der Waals surface area contributed by atoms with Crippen LogP contribution < -0.4 is 0 Å². The summed E-state index contributed by atoms with van der Waals surface area (Å²) in [5.41, 5.74) is 13.9. The Morgan fingerprint density at radius 2 is 0.817 bits per heavy atom. The Morgan fingerprint density at radius 3 is 1.45 bits per heavy atom. The van der Waals surface area contributed by atoms with E-state index in [1.54, 1.807) is 0 Å². The molecule has 0 atom stereocenters. The molecule has 0 radical (unpaired) electrons.